The number of aliphatic carboxylic acids is 1. The van der Waals surface area contributed by atoms with Gasteiger partial charge in [0.05, 0.1) is 12.5 Å². The van der Waals surface area contributed by atoms with Gasteiger partial charge in [-0.3, -0.25) is 4.79 Å². The monoisotopic (exact) mass is 469 g/mol. The number of carboxylic acid groups (broad SMARTS) is 1. The standard InChI is InChI=1S/C18H33N3O.C10H10O2/c1-4-6-7-8-9-10-11-12-13-19-16(3)17-14-20-18(21-15-17)22-5-2;11-10(12)9-6-8(9)7-4-2-1-3-5-7/h14-16,19H,4-13H2,1-3H3;1-5,8-9H,6H2,(H,11,12)/t16-;8-,9+/m01/s1. The number of carboxylic acids is 1. The quantitative estimate of drug-likeness (QED) is 0.288. The summed E-state index contributed by atoms with van der Waals surface area (Å²) >= 11 is 0. The van der Waals surface area contributed by atoms with Crippen molar-refractivity contribution in [2.24, 2.45) is 5.92 Å². The zero-order valence-corrected chi connectivity index (χ0v) is 21.2. The van der Waals surface area contributed by atoms with Crippen molar-refractivity contribution in [1.82, 2.24) is 15.3 Å². The summed E-state index contributed by atoms with van der Waals surface area (Å²) in [6.45, 7) is 8.02. The summed E-state index contributed by atoms with van der Waals surface area (Å²) in [5, 5.41) is 12.2. The third-order valence-corrected chi connectivity index (χ3v) is 6.24. The normalized spacial score (nSPS) is 17.4. The van der Waals surface area contributed by atoms with Gasteiger partial charge in [0.15, 0.2) is 0 Å². The molecule has 3 atom stereocenters. The number of aromatic nitrogens is 2. The first-order valence-electron chi connectivity index (χ1n) is 13.0. The van der Waals surface area contributed by atoms with Gasteiger partial charge in [0.2, 0.25) is 0 Å². The number of unbranched alkanes of at least 4 members (excludes halogenated alkanes) is 7. The average Bonchev–Trinajstić information content (AvgIpc) is 3.66. The van der Waals surface area contributed by atoms with E-state index in [4.69, 9.17) is 9.84 Å². The van der Waals surface area contributed by atoms with Crippen LogP contribution < -0.4 is 10.1 Å². The maximum atomic E-state index is 10.5. The topological polar surface area (TPSA) is 84.3 Å². The van der Waals surface area contributed by atoms with E-state index in [1.54, 1.807) is 0 Å². The van der Waals surface area contributed by atoms with E-state index in [0.29, 0.717) is 18.7 Å². The van der Waals surface area contributed by atoms with Crippen LogP contribution in [0.2, 0.25) is 0 Å². The van der Waals surface area contributed by atoms with Crippen LogP contribution in [0.25, 0.3) is 0 Å². The molecule has 188 valence electrons. The van der Waals surface area contributed by atoms with Crippen molar-refractivity contribution in [3.63, 3.8) is 0 Å². The van der Waals surface area contributed by atoms with E-state index in [-0.39, 0.29) is 11.8 Å². The van der Waals surface area contributed by atoms with Gasteiger partial charge in [0.1, 0.15) is 0 Å². The highest BCUT2D eigenvalue weighted by molar-refractivity contribution is 5.75. The molecule has 3 rings (SSSR count). The molecule has 0 amide bonds. The number of rotatable bonds is 15. The first-order chi connectivity index (χ1) is 16.6. The fourth-order valence-corrected chi connectivity index (χ4v) is 3.99. The lowest BCUT2D eigenvalue weighted by Crippen LogP contribution is -2.20. The van der Waals surface area contributed by atoms with E-state index in [1.165, 1.54) is 51.4 Å². The third kappa shape index (κ3) is 10.6. The van der Waals surface area contributed by atoms with E-state index in [2.05, 4.69) is 29.1 Å². The van der Waals surface area contributed by atoms with Crippen molar-refractivity contribution in [3.8, 4) is 6.01 Å². The van der Waals surface area contributed by atoms with Crippen molar-refractivity contribution >= 4 is 5.97 Å². The Balaban J connectivity index is 0.000000283. The molecule has 1 fully saturated rings. The molecule has 6 heteroatoms. The predicted octanol–water partition coefficient (Wildman–Crippen LogP) is 6.54. The molecule has 6 nitrogen and oxygen atoms in total. The Morgan fingerprint density at radius 1 is 1.03 bits per heavy atom. The lowest BCUT2D eigenvalue weighted by atomic mass is 10.1. The van der Waals surface area contributed by atoms with E-state index >= 15 is 0 Å². The van der Waals surface area contributed by atoms with Crippen molar-refractivity contribution < 1.29 is 14.6 Å². The predicted molar refractivity (Wildman–Crippen MR) is 137 cm³/mol. The number of ether oxygens (including phenoxy) is 1. The second kappa shape index (κ2) is 16.2. The van der Waals surface area contributed by atoms with E-state index in [1.807, 2.05) is 49.6 Å². The van der Waals surface area contributed by atoms with Gasteiger partial charge in [-0.1, -0.05) is 82.2 Å². The number of nitrogens with zero attached hydrogens (tertiary/aromatic N) is 2. The summed E-state index contributed by atoms with van der Waals surface area (Å²) in [5.41, 5.74) is 2.27. The fourth-order valence-electron chi connectivity index (χ4n) is 3.99. The summed E-state index contributed by atoms with van der Waals surface area (Å²) in [7, 11) is 0. The minimum atomic E-state index is -0.663. The van der Waals surface area contributed by atoms with Crippen LogP contribution in [0.3, 0.4) is 0 Å². The summed E-state index contributed by atoms with van der Waals surface area (Å²) in [6.07, 6.45) is 15.4. The van der Waals surface area contributed by atoms with Gasteiger partial charge in [0, 0.05) is 24.0 Å². The summed E-state index contributed by atoms with van der Waals surface area (Å²) in [5.74, 6) is -0.528. The summed E-state index contributed by atoms with van der Waals surface area (Å²) in [4.78, 5) is 19.0. The van der Waals surface area contributed by atoms with E-state index in [9.17, 15) is 4.79 Å². The molecule has 0 radical (unpaired) electrons. The molecule has 1 aromatic carbocycles. The molecule has 0 saturated heterocycles. The Morgan fingerprint density at radius 2 is 1.65 bits per heavy atom. The van der Waals surface area contributed by atoms with Gasteiger partial charge < -0.3 is 15.2 Å². The first kappa shape index (κ1) is 27.8. The van der Waals surface area contributed by atoms with Crippen LogP contribution in [0, 0.1) is 5.92 Å². The molecule has 1 aliphatic carbocycles. The molecule has 1 saturated carbocycles. The maximum Gasteiger partial charge on any atom is 0.316 e. The first-order valence-corrected chi connectivity index (χ1v) is 13.0. The van der Waals surface area contributed by atoms with Gasteiger partial charge in [0.25, 0.3) is 0 Å². The van der Waals surface area contributed by atoms with E-state index in [0.717, 1.165) is 24.1 Å². The number of benzene rings is 1. The van der Waals surface area contributed by atoms with E-state index < -0.39 is 5.97 Å². The number of hydrogen-bond donors (Lipinski definition) is 2. The summed E-state index contributed by atoms with van der Waals surface area (Å²) < 4.78 is 5.26. The molecule has 0 unspecified atom stereocenters. The molecule has 0 bridgehead atoms. The highest BCUT2D eigenvalue weighted by Gasteiger charge is 2.43. The molecule has 0 spiro atoms. The Bertz CT molecular complexity index is 798. The SMILES string of the molecule is CCCCCCCCCCN[C@@H](C)c1cnc(OCC)nc1.O=C(O)[C@H]1C[C@@H]1c1ccccc1. The van der Waals surface area contributed by atoms with Gasteiger partial charge in [-0.15, -0.1) is 0 Å². The van der Waals surface area contributed by atoms with Crippen LogP contribution in [0.15, 0.2) is 42.7 Å². The Labute approximate surface area is 205 Å². The van der Waals surface area contributed by atoms with Crippen LogP contribution in [0.4, 0.5) is 0 Å². The van der Waals surface area contributed by atoms with Crippen LogP contribution in [-0.4, -0.2) is 34.2 Å². The maximum absolute atomic E-state index is 10.5. The minimum Gasteiger partial charge on any atom is -0.481 e. The van der Waals surface area contributed by atoms with Crippen molar-refractivity contribution in [1.29, 1.82) is 0 Å². The molecule has 34 heavy (non-hydrogen) atoms. The molecule has 1 heterocycles. The highest BCUT2D eigenvalue weighted by atomic mass is 16.5. The van der Waals surface area contributed by atoms with Crippen LogP contribution >= 0.6 is 0 Å². The number of hydrogen-bond acceptors (Lipinski definition) is 5. The van der Waals surface area contributed by atoms with Gasteiger partial charge in [-0.05, 0) is 44.7 Å². The molecule has 2 aromatic rings. The average molecular weight is 470 g/mol. The molecular weight excluding hydrogens is 426 g/mol. The van der Waals surface area contributed by atoms with Crippen LogP contribution in [-0.2, 0) is 4.79 Å². The Morgan fingerprint density at radius 3 is 2.21 bits per heavy atom. The van der Waals surface area contributed by atoms with Gasteiger partial charge in [-0.2, -0.15) is 0 Å². The molecule has 1 aliphatic rings. The van der Waals surface area contributed by atoms with Crippen LogP contribution in [0.5, 0.6) is 6.01 Å². The largest absolute Gasteiger partial charge is 0.481 e. The van der Waals surface area contributed by atoms with Crippen molar-refractivity contribution in [3.05, 3.63) is 53.9 Å². The molecule has 2 N–H and O–H groups in total. The third-order valence-electron chi connectivity index (χ3n) is 6.24. The number of nitrogens with one attached hydrogen (secondary N) is 1. The highest BCUT2D eigenvalue weighted by Crippen LogP contribution is 2.47. The van der Waals surface area contributed by atoms with Crippen molar-refractivity contribution in [2.45, 2.75) is 90.5 Å². The molecule has 1 aromatic heterocycles. The second-order valence-corrected chi connectivity index (χ2v) is 9.08. The van der Waals surface area contributed by atoms with Gasteiger partial charge in [-0.25, -0.2) is 9.97 Å². The van der Waals surface area contributed by atoms with Crippen LogP contribution in [0.1, 0.15) is 102 Å². The Kier molecular flexibility index (Phi) is 13.2. The number of carbonyl (C=O) groups is 1. The molecule has 0 aliphatic heterocycles. The minimum absolute atomic E-state index is 0.132. The molecular formula is C28H43N3O3. The zero-order valence-electron chi connectivity index (χ0n) is 21.2. The second-order valence-electron chi connectivity index (χ2n) is 9.08. The van der Waals surface area contributed by atoms with Crippen molar-refractivity contribution in [2.75, 3.05) is 13.2 Å². The summed E-state index contributed by atoms with van der Waals surface area (Å²) in [6, 6.07) is 10.6. The fraction of sp³-hybridized carbons (Fsp3) is 0.607. The lowest BCUT2D eigenvalue weighted by Gasteiger charge is -2.13. The zero-order chi connectivity index (χ0) is 24.6. The smallest absolute Gasteiger partial charge is 0.316 e. The van der Waals surface area contributed by atoms with Gasteiger partial charge >= 0.3 is 12.0 Å². The lowest BCUT2D eigenvalue weighted by molar-refractivity contribution is -0.138. The Hall–Kier alpha value is -2.47.